The third-order valence-corrected chi connectivity index (χ3v) is 5.71. The number of hydrogen-bond acceptors (Lipinski definition) is 6. The fourth-order valence-corrected chi connectivity index (χ4v) is 4.14. The molecule has 8 nitrogen and oxygen atoms in total. The number of primary amides is 1. The Hall–Kier alpha value is -2.58. The maximum absolute atomic E-state index is 12.1. The molecule has 2 aliphatic heterocycles. The number of benzene rings is 1. The number of β-amino-alcohol motifs (C(OH)–C–C–N with tert-alkyl or cyclic N) is 1. The molecule has 2 atom stereocenters. The van der Waals surface area contributed by atoms with E-state index in [9.17, 15) is 9.90 Å². The number of nitrogens with zero attached hydrogens (tertiary/aromatic N) is 4. The molecule has 2 fully saturated rings. The van der Waals surface area contributed by atoms with Crippen LogP contribution in [-0.4, -0.2) is 51.2 Å². The smallest absolute Gasteiger partial charge is 0.268 e. The lowest BCUT2D eigenvalue weighted by Gasteiger charge is -2.34. The second-order valence-corrected chi connectivity index (χ2v) is 7.65. The van der Waals surface area contributed by atoms with E-state index in [0.717, 1.165) is 29.4 Å². The highest BCUT2D eigenvalue weighted by Gasteiger charge is 2.41. The van der Waals surface area contributed by atoms with E-state index >= 15 is 0 Å². The molecular weight excluding hydrogens is 346 g/mol. The number of aliphatic hydroxyl groups excluding tert-OH is 1. The summed E-state index contributed by atoms with van der Waals surface area (Å²) in [5, 5.41) is 15.3. The lowest BCUT2D eigenvalue weighted by Crippen LogP contribution is -2.47. The first-order valence-corrected chi connectivity index (χ1v) is 9.35. The first-order valence-electron chi connectivity index (χ1n) is 9.35. The van der Waals surface area contributed by atoms with Crippen LogP contribution in [0.4, 0.5) is 5.69 Å². The molecule has 3 heterocycles. The Morgan fingerprint density at radius 2 is 2.15 bits per heavy atom. The van der Waals surface area contributed by atoms with Gasteiger partial charge in [0.2, 0.25) is 6.35 Å². The number of carbonyl (C=O) groups excluding carboxylic acids is 1. The molecule has 27 heavy (non-hydrogen) atoms. The van der Waals surface area contributed by atoms with Crippen molar-refractivity contribution in [1.29, 1.82) is 0 Å². The minimum atomic E-state index is -0.523. The van der Waals surface area contributed by atoms with Gasteiger partial charge in [0.05, 0.1) is 23.5 Å². The van der Waals surface area contributed by atoms with Crippen molar-refractivity contribution in [2.75, 3.05) is 18.0 Å². The molecule has 0 spiro atoms. The monoisotopic (exact) mass is 369 g/mol. The Morgan fingerprint density at radius 3 is 2.81 bits per heavy atom. The van der Waals surface area contributed by atoms with Crippen LogP contribution < -0.4 is 10.6 Å². The molecule has 5 rings (SSSR count). The predicted molar refractivity (Wildman–Crippen MR) is 99.5 cm³/mol. The highest BCUT2D eigenvalue weighted by molar-refractivity contribution is 5.97. The van der Waals surface area contributed by atoms with Gasteiger partial charge in [0.25, 0.3) is 5.91 Å². The van der Waals surface area contributed by atoms with Crippen LogP contribution in [0.3, 0.4) is 0 Å². The number of nitrogens with two attached hydrogens (primary N) is 1. The van der Waals surface area contributed by atoms with Gasteiger partial charge in [0.1, 0.15) is 12.0 Å². The number of likely N-dealkylation sites (tertiary alicyclic amines) is 1. The molecule has 1 aliphatic carbocycles. The van der Waals surface area contributed by atoms with Crippen molar-refractivity contribution in [2.24, 2.45) is 12.8 Å². The summed E-state index contributed by atoms with van der Waals surface area (Å²) in [5.41, 5.74) is 9.19. The zero-order valence-electron chi connectivity index (χ0n) is 15.2. The van der Waals surface area contributed by atoms with Crippen molar-refractivity contribution in [3.8, 4) is 0 Å². The summed E-state index contributed by atoms with van der Waals surface area (Å²) < 4.78 is 7.72. The summed E-state index contributed by atoms with van der Waals surface area (Å²) in [6.07, 6.45) is 5.38. The van der Waals surface area contributed by atoms with Crippen LogP contribution in [0, 0.1) is 0 Å². The van der Waals surface area contributed by atoms with Crippen molar-refractivity contribution < 1.29 is 14.6 Å². The summed E-state index contributed by atoms with van der Waals surface area (Å²) in [7, 11) is 1.93. The lowest BCUT2D eigenvalue weighted by molar-refractivity contribution is -0.114. The van der Waals surface area contributed by atoms with Gasteiger partial charge in [0, 0.05) is 25.5 Å². The second-order valence-electron chi connectivity index (χ2n) is 7.65. The highest BCUT2D eigenvalue weighted by Crippen LogP contribution is 2.47. The van der Waals surface area contributed by atoms with Crippen LogP contribution in [0.25, 0.3) is 10.9 Å². The van der Waals surface area contributed by atoms with Gasteiger partial charge in [-0.05, 0) is 42.9 Å². The Kier molecular flexibility index (Phi) is 3.66. The number of carbonyl (C=O) groups is 1. The molecule has 8 heteroatoms. The molecular formula is C19H23N5O3. The number of aryl methyl sites for hydroxylation is 1. The average molecular weight is 369 g/mol. The molecule has 1 saturated heterocycles. The summed E-state index contributed by atoms with van der Waals surface area (Å²) >= 11 is 0. The normalized spacial score (nSPS) is 25.9. The van der Waals surface area contributed by atoms with Crippen LogP contribution in [-0.2, 0) is 16.6 Å². The van der Waals surface area contributed by atoms with E-state index < -0.39 is 12.3 Å². The molecule has 1 aromatic carbocycles. The number of rotatable bonds is 4. The maximum Gasteiger partial charge on any atom is 0.268 e. The summed E-state index contributed by atoms with van der Waals surface area (Å²) in [4.78, 5) is 16.1. The quantitative estimate of drug-likeness (QED) is 0.833. The predicted octanol–water partition coefficient (Wildman–Crippen LogP) is 0.964. The largest absolute Gasteiger partial charge is 0.462 e. The highest BCUT2D eigenvalue weighted by atomic mass is 16.5. The van der Waals surface area contributed by atoms with E-state index in [4.69, 9.17) is 10.5 Å². The third kappa shape index (κ3) is 2.67. The van der Waals surface area contributed by atoms with Gasteiger partial charge in [0.15, 0.2) is 0 Å². The number of amides is 1. The number of aromatic nitrogens is 2. The molecule has 0 radical (unpaired) electrons. The second kappa shape index (κ2) is 5.97. The summed E-state index contributed by atoms with van der Waals surface area (Å²) in [5.74, 6) is -0.0517. The first kappa shape index (κ1) is 16.6. The van der Waals surface area contributed by atoms with E-state index in [1.165, 1.54) is 11.8 Å². The van der Waals surface area contributed by atoms with Gasteiger partial charge >= 0.3 is 0 Å². The van der Waals surface area contributed by atoms with Gasteiger partial charge in [-0.1, -0.05) is 0 Å². The van der Waals surface area contributed by atoms with Crippen LogP contribution in [0.1, 0.15) is 30.7 Å². The SMILES string of the molecule is Cn1ncc2cc(N3C(C(N)=O)=CO[C@H]3N3CCC(O)C3)c(C3CC3)cc21. The van der Waals surface area contributed by atoms with Crippen molar-refractivity contribution in [1.82, 2.24) is 14.7 Å². The van der Waals surface area contributed by atoms with E-state index in [1.807, 2.05) is 27.7 Å². The fourth-order valence-electron chi connectivity index (χ4n) is 4.14. The minimum absolute atomic E-state index is 0.339. The molecule has 1 amide bonds. The topological polar surface area (TPSA) is 96.9 Å². The summed E-state index contributed by atoms with van der Waals surface area (Å²) in [6.45, 7) is 1.21. The number of hydrogen-bond donors (Lipinski definition) is 2. The molecule has 0 bridgehead atoms. The number of fused-ring (bicyclic) bond motifs is 1. The zero-order chi connectivity index (χ0) is 18.7. The molecule has 2 aromatic rings. The molecule has 142 valence electrons. The van der Waals surface area contributed by atoms with E-state index in [0.29, 0.717) is 31.1 Å². The fraction of sp³-hybridized carbons (Fsp3) is 0.474. The van der Waals surface area contributed by atoms with Crippen molar-refractivity contribution in [3.05, 3.63) is 35.9 Å². The van der Waals surface area contributed by atoms with Crippen LogP contribution >= 0.6 is 0 Å². The van der Waals surface area contributed by atoms with Crippen LogP contribution in [0.15, 0.2) is 30.3 Å². The lowest BCUT2D eigenvalue weighted by atomic mass is 10.0. The molecule has 1 unspecified atom stereocenters. The van der Waals surface area contributed by atoms with E-state index in [2.05, 4.69) is 17.2 Å². The number of aliphatic hydroxyl groups is 1. The Labute approximate surface area is 156 Å². The van der Waals surface area contributed by atoms with Crippen molar-refractivity contribution >= 4 is 22.5 Å². The Bertz CT molecular complexity index is 948. The molecule has 3 N–H and O–H groups in total. The van der Waals surface area contributed by atoms with Crippen LogP contribution in [0.5, 0.6) is 0 Å². The minimum Gasteiger partial charge on any atom is -0.462 e. The van der Waals surface area contributed by atoms with Gasteiger partial charge in [-0.3, -0.25) is 14.4 Å². The Balaban J connectivity index is 1.63. The standard InChI is InChI=1S/C19H23N5O3/c1-22-15-7-14(11-2-3-11)16(6-12(15)8-21-22)24-17(18(20)26)10-27-19(24)23-5-4-13(25)9-23/h6-8,10-11,13,19,25H,2-5,9H2,1H3,(H2,20,26)/t13?,19-/m0/s1. The molecule has 1 aromatic heterocycles. The van der Waals surface area contributed by atoms with Crippen molar-refractivity contribution in [3.63, 3.8) is 0 Å². The number of ether oxygens (including phenoxy) is 1. The van der Waals surface area contributed by atoms with Gasteiger partial charge < -0.3 is 15.6 Å². The van der Waals surface area contributed by atoms with Gasteiger partial charge in [-0.2, -0.15) is 5.10 Å². The van der Waals surface area contributed by atoms with E-state index in [-0.39, 0.29) is 6.10 Å². The van der Waals surface area contributed by atoms with Gasteiger partial charge in [-0.25, -0.2) is 4.90 Å². The number of anilines is 1. The summed E-state index contributed by atoms with van der Waals surface area (Å²) in [6, 6.07) is 4.24. The van der Waals surface area contributed by atoms with E-state index in [1.54, 1.807) is 0 Å². The maximum atomic E-state index is 12.1. The first-order chi connectivity index (χ1) is 13.0. The molecule has 3 aliphatic rings. The van der Waals surface area contributed by atoms with Gasteiger partial charge in [-0.15, -0.1) is 0 Å². The van der Waals surface area contributed by atoms with Crippen LogP contribution in [0.2, 0.25) is 0 Å². The molecule has 1 saturated carbocycles. The Morgan fingerprint density at radius 1 is 1.33 bits per heavy atom. The third-order valence-electron chi connectivity index (χ3n) is 5.71. The average Bonchev–Trinajstić information content (AvgIpc) is 3.07. The zero-order valence-corrected chi connectivity index (χ0v) is 15.2. The van der Waals surface area contributed by atoms with Crippen molar-refractivity contribution in [2.45, 2.75) is 37.6 Å².